The Bertz CT molecular complexity index is 1200. The Morgan fingerprint density at radius 3 is 2.27 bits per heavy atom. The number of aliphatic hydroxyl groups excluding tert-OH is 3. The zero-order valence-electron chi connectivity index (χ0n) is 18.6. The predicted octanol–water partition coefficient (Wildman–Crippen LogP) is 1.99. The van der Waals surface area contributed by atoms with Crippen LogP contribution >= 0.6 is 0 Å². The normalized spacial score (nSPS) is 25.1. The summed E-state index contributed by atoms with van der Waals surface area (Å²) < 4.78 is 27.8. The molecule has 9 nitrogen and oxygen atoms in total. The monoisotopic (exact) mass is 458 g/mol. The minimum atomic E-state index is -1.48. The molecule has 4 rings (SSSR count). The maximum atomic E-state index is 13.4. The molecular weight excluding hydrogens is 432 g/mol. The number of rotatable bonds is 5. The fraction of sp³-hybridized carbons (Fsp3) is 0.375. The second-order valence-corrected chi connectivity index (χ2v) is 7.91. The molecule has 0 bridgehead atoms. The van der Waals surface area contributed by atoms with Gasteiger partial charge in [-0.15, -0.1) is 0 Å². The number of hydrogen-bond donors (Lipinski definition) is 3. The van der Waals surface area contributed by atoms with Gasteiger partial charge in [-0.05, 0) is 31.5 Å². The number of fused-ring (bicyclic) bond motifs is 1. The van der Waals surface area contributed by atoms with E-state index in [1.165, 1.54) is 19.4 Å². The van der Waals surface area contributed by atoms with E-state index in [0.29, 0.717) is 22.4 Å². The quantitative estimate of drug-likeness (QED) is 0.526. The second-order valence-electron chi connectivity index (χ2n) is 7.91. The highest BCUT2D eigenvalue weighted by molar-refractivity contribution is 5.91. The lowest BCUT2D eigenvalue weighted by molar-refractivity contribution is -0.268. The Kier molecular flexibility index (Phi) is 6.31. The van der Waals surface area contributed by atoms with Crippen LogP contribution < -0.4 is 19.6 Å². The van der Waals surface area contributed by atoms with Crippen LogP contribution in [0.25, 0.3) is 22.1 Å². The molecule has 3 aromatic rings. The van der Waals surface area contributed by atoms with Crippen molar-refractivity contribution in [2.75, 3.05) is 14.2 Å². The summed E-state index contributed by atoms with van der Waals surface area (Å²) in [4.78, 5) is 13.4. The summed E-state index contributed by atoms with van der Waals surface area (Å²) in [5, 5.41) is 30.5. The number of benzene rings is 2. The van der Waals surface area contributed by atoms with Crippen molar-refractivity contribution in [3.8, 4) is 28.4 Å². The van der Waals surface area contributed by atoms with E-state index in [-0.39, 0.29) is 27.9 Å². The molecule has 2 aromatic carbocycles. The molecule has 0 radical (unpaired) electrons. The van der Waals surface area contributed by atoms with Gasteiger partial charge >= 0.3 is 0 Å². The lowest BCUT2D eigenvalue weighted by Crippen LogP contribution is -2.58. The lowest BCUT2D eigenvalue weighted by atomic mass is 10.00. The van der Waals surface area contributed by atoms with Gasteiger partial charge in [-0.25, -0.2) is 0 Å². The number of hydrogen-bond acceptors (Lipinski definition) is 9. The van der Waals surface area contributed by atoms with Gasteiger partial charge in [0.25, 0.3) is 0 Å². The standard InChI is InChI=1S/C24H26O9/c1-11-16(33-24-22(28)21(27)19(25)12(2)32-24)9-17(30-4)18-20(26)15(10-31-23(11)18)13-5-7-14(29-3)8-6-13/h5-10,12,19,21-22,24-25,27-28H,1-4H3/t12-,19-,21+,22+,24-/m0/s1. The molecule has 3 N–H and O–H groups in total. The Labute approximate surface area is 189 Å². The van der Waals surface area contributed by atoms with Crippen LogP contribution in [0.3, 0.4) is 0 Å². The predicted molar refractivity (Wildman–Crippen MR) is 119 cm³/mol. The molecule has 2 heterocycles. The van der Waals surface area contributed by atoms with Gasteiger partial charge in [-0.1, -0.05) is 12.1 Å². The Morgan fingerprint density at radius 1 is 0.939 bits per heavy atom. The molecule has 1 aliphatic rings. The summed E-state index contributed by atoms with van der Waals surface area (Å²) >= 11 is 0. The maximum Gasteiger partial charge on any atom is 0.229 e. The van der Waals surface area contributed by atoms with Crippen LogP contribution in [0.2, 0.25) is 0 Å². The molecule has 5 atom stereocenters. The fourth-order valence-corrected chi connectivity index (χ4v) is 3.87. The lowest BCUT2D eigenvalue weighted by Gasteiger charge is -2.39. The molecule has 0 aliphatic carbocycles. The maximum absolute atomic E-state index is 13.4. The highest BCUT2D eigenvalue weighted by atomic mass is 16.7. The molecule has 33 heavy (non-hydrogen) atoms. The summed E-state index contributed by atoms with van der Waals surface area (Å²) in [6, 6.07) is 8.53. The molecule has 1 saturated heterocycles. The average Bonchev–Trinajstić information content (AvgIpc) is 2.83. The van der Waals surface area contributed by atoms with Crippen LogP contribution in [0.1, 0.15) is 12.5 Å². The van der Waals surface area contributed by atoms with Crippen LogP contribution in [0.5, 0.6) is 17.2 Å². The summed E-state index contributed by atoms with van der Waals surface area (Å²) in [5.41, 5.74) is 1.47. The van der Waals surface area contributed by atoms with Crippen LogP contribution in [0, 0.1) is 6.92 Å². The summed E-state index contributed by atoms with van der Waals surface area (Å²) in [5.74, 6) is 1.12. The summed E-state index contributed by atoms with van der Waals surface area (Å²) in [6.45, 7) is 3.25. The molecule has 9 heteroatoms. The van der Waals surface area contributed by atoms with Crippen molar-refractivity contribution in [1.29, 1.82) is 0 Å². The first-order chi connectivity index (χ1) is 15.8. The van der Waals surface area contributed by atoms with Crippen LogP contribution in [-0.2, 0) is 4.74 Å². The van der Waals surface area contributed by atoms with Crippen molar-refractivity contribution in [2.45, 2.75) is 44.6 Å². The van der Waals surface area contributed by atoms with E-state index in [4.69, 9.17) is 23.4 Å². The Balaban J connectivity index is 1.77. The highest BCUT2D eigenvalue weighted by Gasteiger charge is 2.43. The summed E-state index contributed by atoms with van der Waals surface area (Å²) in [7, 11) is 2.98. The van der Waals surface area contributed by atoms with E-state index in [0.717, 1.165) is 0 Å². The Morgan fingerprint density at radius 2 is 1.64 bits per heavy atom. The molecule has 0 saturated carbocycles. The van der Waals surface area contributed by atoms with Crippen molar-refractivity contribution in [3.05, 3.63) is 52.4 Å². The van der Waals surface area contributed by atoms with Crippen LogP contribution in [0.15, 0.2) is 45.8 Å². The molecule has 1 aromatic heterocycles. The van der Waals surface area contributed by atoms with E-state index >= 15 is 0 Å². The first-order valence-electron chi connectivity index (χ1n) is 10.4. The molecule has 176 valence electrons. The summed E-state index contributed by atoms with van der Waals surface area (Å²) in [6.07, 6.45) is -4.81. The van der Waals surface area contributed by atoms with E-state index in [2.05, 4.69) is 0 Å². The number of aryl methyl sites for hydroxylation is 1. The van der Waals surface area contributed by atoms with Gasteiger partial charge in [0.1, 0.15) is 52.8 Å². The van der Waals surface area contributed by atoms with Gasteiger partial charge < -0.3 is 38.7 Å². The van der Waals surface area contributed by atoms with E-state index in [1.54, 1.807) is 45.2 Å². The largest absolute Gasteiger partial charge is 0.497 e. The number of ether oxygens (including phenoxy) is 4. The third-order valence-electron chi connectivity index (χ3n) is 5.88. The van der Waals surface area contributed by atoms with Gasteiger partial charge in [0, 0.05) is 11.6 Å². The van der Waals surface area contributed by atoms with Crippen molar-refractivity contribution in [2.24, 2.45) is 0 Å². The van der Waals surface area contributed by atoms with Crippen LogP contribution in [0.4, 0.5) is 0 Å². The molecule has 0 amide bonds. The second kappa shape index (κ2) is 9.03. The third-order valence-corrected chi connectivity index (χ3v) is 5.88. The minimum absolute atomic E-state index is 0.216. The van der Waals surface area contributed by atoms with E-state index in [9.17, 15) is 20.1 Å². The van der Waals surface area contributed by atoms with Crippen molar-refractivity contribution in [3.63, 3.8) is 0 Å². The van der Waals surface area contributed by atoms with Gasteiger partial charge in [0.2, 0.25) is 11.7 Å². The van der Waals surface area contributed by atoms with E-state index < -0.39 is 30.7 Å². The number of methoxy groups -OCH3 is 2. The van der Waals surface area contributed by atoms with Gasteiger partial charge in [0.15, 0.2) is 0 Å². The zero-order chi connectivity index (χ0) is 23.9. The first-order valence-corrected chi connectivity index (χ1v) is 10.4. The van der Waals surface area contributed by atoms with Crippen molar-refractivity contribution < 1.29 is 38.7 Å². The molecule has 0 spiro atoms. The topological polar surface area (TPSA) is 128 Å². The van der Waals surface area contributed by atoms with Gasteiger partial charge in [-0.2, -0.15) is 0 Å². The van der Waals surface area contributed by atoms with Crippen molar-refractivity contribution in [1.82, 2.24) is 0 Å². The molecule has 1 fully saturated rings. The third kappa shape index (κ3) is 4.04. The van der Waals surface area contributed by atoms with E-state index in [1.807, 2.05) is 0 Å². The first kappa shape index (κ1) is 23.1. The molecule has 1 aliphatic heterocycles. The SMILES string of the molecule is COc1ccc(-c2coc3c(C)c(O[C@@H]4O[C@@H](C)[C@H](O)[C@@H](O)[C@H]4O)cc(OC)c3c2=O)cc1. The zero-order valence-corrected chi connectivity index (χ0v) is 18.6. The fourth-order valence-electron chi connectivity index (χ4n) is 3.87. The number of aliphatic hydroxyl groups is 3. The van der Waals surface area contributed by atoms with Gasteiger partial charge in [-0.3, -0.25) is 4.79 Å². The van der Waals surface area contributed by atoms with Gasteiger partial charge in [0.05, 0.1) is 25.9 Å². The average molecular weight is 458 g/mol. The highest BCUT2D eigenvalue weighted by Crippen LogP contribution is 2.37. The molecular formula is C24H26O9. The smallest absolute Gasteiger partial charge is 0.229 e. The van der Waals surface area contributed by atoms with Crippen LogP contribution in [-0.4, -0.2) is 60.2 Å². The minimum Gasteiger partial charge on any atom is -0.497 e. The molecule has 0 unspecified atom stereocenters. The van der Waals surface area contributed by atoms with Crippen molar-refractivity contribution >= 4 is 11.0 Å². The Hall–Kier alpha value is -3.11.